The molecular formula is C15H15FOS. The molecule has 1 nitrogen and oxygen atoms in total. The first-order chi connectivity index (χ1) is 8.60. The van der Waals surface area contributed by atoms with Gasteiger partial charge in [0.15, 0.2) is 5.78 Å². The van der Waals surface area contributed by atoms with E-state index >= 15 is 0 Å². The molecule has 0 amide bonds. The van der Waals surface area contributed by atoms with Crippen molar-refractivity contribution in [2.45, 2.75) is 26.7 Å². The number of hydrogen-bond acceptors (Lipinski definition) is 2. The van der Waals surface area contributed by atoms with Crippen LogP contribution < -0.4 is 0 Å². The average Bonchev–Trinajstić information content (AvgIpc) is 2.77. The lowest BCUT2D eigenvalue weighted by molar-refractivity contribution is 0.0985. The first-order valence-corrected chi connectivity index (χ1v) is 6.82. The minimum Gasteiger partial charge on any atom is -0.293 e. The molecular weight excluding hydrogens is 247 g/mol. The molecule has 0 aliphatic heterocycles. The molecule has 1 heterocycles. The second-order valence-corrected chi connectivity index (χ2v) is 5.44. The molecule has 1 aromatic carbocycles. The fraction of sp³-hybridized carbons (Fsp3) is 0.267. The third-order valence-corrected chi connectivity index (χ3v) is 3.86. The molecule has 18 heavy (non-hydrogen) atoms. The summed E-state index contributed by atoms with van der Waals surface area (Å²) in [6.45, 7) is 3.85. The van der Waals surface area contributed by atoms with E-state index in [1.165, 1.54) is 23.5 Å². The number of thiophene rings is 1. The normalized spacial score (nSPS) is 10.6. The van der Waals surface area contributed by atoms with Crippen LogP contribution in [0.2, 0.25) is 0 Å². The highest BCUT2D eigenvalue weighted by atomic mass is 32.1. The molecule has 0 spiro atoms. The quantitative estimate of drug-likeness (QED) is 0.720. The van der Waals surface area contributed by atoms with E-state index < -0.39 is 0 Å². The molecule has 0 bridgehead atoms. The molecule has 1 aromatic heterocycles. The van der Waals surface area contributed by atoms with Gasteiger partial charge in [0.25, 0.3) is 0 Å². The van der Waals surface area contributed by atoms with Gasteiger partial charge >= 0.3 is 0 Å². The second kappa shape index (κ2) is 5.44. The number of benzene rings is 1. The zero-order valence-electron chi connectivity index (χ0n) is 10.5. The summed E-state index contributed by atoms with van der Waals surface area (Å²) in [5, 5.41) is 0. The van der Waals surface area contributed by atoms with Crippen molar-refractivity contribution in [3.05, 3.63) is 46.6 Å². The van der Waals surface area contributed by atoms with Crippen molar-refractivity contribution in [3.63, 3.8) is 0 Å². The van der Waals surface area contributed by atoms with E-state index in [0.717, 1.165) is 27.3 Å². The Morgan fingerprint density at radius 2 is 2.06 bits per heavy atom. The van der Waals surface area contributed by atoms with Crippen LogP contribution in [0.1, 0.15) is 35.0 Å². The van der Waals surface area contributed by atoms with Gasteiger partial charge in [0.05, 0.1) is 4.88 Å². The Labute approximate surface area is 110 Å². The standard InChI is InChI=1S/C15H15FOS/c1-3-4-13(17)15-6-5-14(18-15)11-7-10(2)8-12(16)9-11/h5-9H,3-4H2,1-2H3. The zero-order valence-corrected chi connectivity index (χ0v) is 11.3. The molecule has 0 aliphatic rings. The van der Waals surface area contributed by atoms with E-state index in [1.807, 2.05) is 32.0 Å². The number of halogens is 1. The van der Waals surface area contributed by atoms with Crippen LogP contribution in [0, 0.1) is 12.7 Å². The minimum absolute atomic E-state index is 0.168. The van der Waals surface area contributed by atoms with Gasteiger partial charge in [0.2, 0.25) is 0 Å². The maximum Gasteiger partial charge on any atom is 0.172 e. The molecule has 0 aliphatic carbocycles. The van der Waals surface area contributed by atoms with Crippen LogP contribution in [0.4, 0.5) is 4.39 Å². The van der Waals surface area contributed by atoms with Gasteiger partial charge in [0.1, 0.15) is 5.82 Å². The highest BCUT2D eigenvalue weighted by molar-refractivity contribution is 7.17. The molecule has 3 heteroatoms. The highest BCUT2D eigenvalue weighted by Crippen LogP contribution is 2.30. The van der Waals surface area contributed by atoms with E-state index in [-0.39, 0.29) is 11.6 Å². The number of rotatable bonds is 4. The van der Waals surface area contributed by atoms with Crippen LogP contribution in [-0.2, 0) is 0 Å². The summed E-state index contributed by atoms with van der Waals surface area (Å²) in [5.74, 6) is -0.0679. The lowest BCUT2D eigenvalue weighted by atomic mass is 10.1. The summed E-state index contributed by atoms with van der Waals surface area (Å²) in [6.07, 6.45) is 1.42. The summed E-state index contributed by atoms with van der Waals surface area (Å²) < 4.78 is 13.3. The molecule has 2 aromatic rings. The first kappa shape index (κ1) is 13.0. The van der Waals surface area contributed by atoms with Gasteiger partial charge in [-0.05, 0) is 48.7 Å². The maximum absolute atomic E-state index is 13.3. The monoisotopic (exact) mass is 262 g/mol. The van der Waals surface area contributed by atoms with Gasteiger partial charge in [-0.25, -0.2) is 4.39 Å². The number of carbonyl (C=O) groups excluding carboxylic acids is 1. The second-order valence-electron chi connectivity index (χ2n) is 4.35. The predicted octanol–water partition coefficient (Wildman–Crippen LogP) is 4.85. The molecule has 2 rings (SSSR count). The van der Waals surface area contributed by atoms with E-state index in [9.17, 15) is 9.18 Å². The fourth-order valence-electron chi connectivity index (χ4n) is 1.87. The topological polar surface area (TPSA) is 17.1 Å². The number of hydrogen-bond donors (Lipinski definition) is 0. The largest absolute Gasteiger partial charge is 0.293 e. The maximum atomic E-state index is 13.3. The van der Waals surface area contributed by atoms with Crippen LogP contribution in [0.25, 0.3) is 10.4 Å². The van der Waals surface area contributed by atoms with E-state index in [0.29, 0.717) is 6.42 Å². The Bertz CT molecular complexity index is 551. The van der Waals surface area contributed by atoms with Crippen molar-refractivity contribution < 1.29 is 9.18 Å². The number of carbonyl (C=O) groups is 1. The van der Waals surface area contributed by atoms with Crippen molar-refractivity contribution >= 4 is 17.1 Å². The van der Waals surface area contributed by atoms with Crippen molar-refractivity contribution in [2.24, 2.45) is 0 Å². The third kappa shape index (κ3) is 2.85. The van der Waals surface area contributed by atoms with Crippen molar-refractivity contribution in [1.29, 1.82) is 0 Å². The first-order valence-electron chi connectivity index (χ1n) is 6.00. The third-order valence-electron chi connectivity index (χ3n) is 2.68. The lowest BCUT2D eigenvalue weighted by Gasteiger charge is -2.00. The van der Waals surface area contributed by atoms with Gasteiger partial charge in [-0.15, -0.1) is 11.3 Å². The van der Waals surface area contributed by atoms with Gasteiger partial charge < -0.3 is 0 Å². The van der Waals surface area contributed by atoms with Crippen LogP contribution >= 0.6 is 11.3 Å². The van der Waals surface area contributed by atoms with E-state index in [1.54, 1.807) is 0 Å². The number of ketones is 1. The summed E-state index contributed by atoms with van der Waals surface area (Å²) in [4.78, 5) is 13.5. The highest BCUT2D eigenvalue weighted by Gasteiger charge is 2.10. The summed E-state index contributed by atoms with van der Waals surface area (Å²) in [7, 11) is 0. The summed E-state index contributed by atoms with van der Waals surface area (Å²) in [6, 6.07) is 8.66. The molecule has 94 valence electrons. The van der Waals surface area contributed by atoms with Gasteiger partial charge in [0, 0.05) is 11.3 Å². The summed E-state index contributed by atoms with van der Waals surface area (Å²) in [5.41, 5.74) is 1.73. The van der Waals surface area contributed by atoms with Crippen LogP contribution in [0.5, 0.6) is 0 Å². The molecule has 0 unspecified atom stereocenters. The molecule has 0 saturated carbocycles. The molecule has 0 fully saturated rings. The van der Waals surface area contributed by atoms with Crippen LogP contribution in [0.15, 0.2) is 30.3 Å². The Balaban J connectivity index is 2.32. The number of Topliss-reactive ketones (excluding diaryl/α,β-unsaturated/α-hetero) is 1. The van der Waals surface area contributed by atoms with Crippen molar-refractivity contribution in [3.8, 4) is 10.4 Å². The lowest BCUT2D eigenvalue weighted by Crippen LogP contribution is -1.93. The fourth-order valence-corrected chi connectivity index (χ4v) is 2.83. The summed E-state index contributed by atoms with van der Waals surface area (Å²) >= 11 is 1.44. The molecule has 0 radical (unpaired) electrons. The zero-order chi connectivity index (χ0) is 13.1. The van der Waals surface area contributed by atoms with Gasteiger partial charge in [-0.1, -0.05) is 13.0 Å². The van der Waals surface area contributed by atoms with Crippen molar-refractivity contribution in [2.75, 3.05) is 0 Å². The van der Waals surface area contributed by atoms with Crippen molar-refractivity contribution in [1.82, 2.24) is 0 Å². The Morgan fingerprint density at radius 1 is 1.28 bits per heavy atom. The van der Waals surface area contributed by atoms with Gasteiger partial charge in [-0.2, -0.15) is 0 Å². The minimum atomic E-state index is -0.236. The van der Waals surface area contributed by atoms with Crippen LogP contribution in [0.3, 0.4) is 0 Å². The van der Waals surface area contributed by atoms with Crippen LogP contribution in [-0.4, -0.2) is 5.78 Å². The number of aryl methyl sites for hydroxylation is 1. The average molecular weight is 262 g/mol. The predicted molar refractivity (Wildman–Crippen MR) is 73.7 cm³/mol. The molecule has 0 atom stereocenters. The molecule has 0 saturated heterocycles. The Morgan fingerprint density at radius 3 is 2.72 bits per heavy atom. The van der Waals surface area contributed by atoms with Gasteiger partial charge in [-0.3, -0.25) is 4.79 Å². The Kier molecular flexibility index (Phi) is 3.92. The van der Waals surface area contributed by atoms with E-state index in [4.69, 9.17) is 0 Å². The molecule has 0 N–H and O–H groups in total. The SMILES string of the molecule is CCCC(=O)c1ccc(-c2cc(C)cc(F)c2)s1. The van der Waals surface area contributed by atoms with E-state index in [2.05, 4.69) is 0 Å². The Hall–Kier alpha value is -1.48. The smallest absolute Gasteiger partial charge is 0.172 e.